The number of methoxy groups -OCH3 is 1. The summed E-state index contributed by atoms with van der Waals surface area (Å²) in [4.78, 5) is 24.6. The molecule has 0 spiro atoms. The molecule has 0 fully saturated rings. The SMILES string of the molecule is COc1ccc(C)cc1NC(=O)CCc1nnc(C(=O)Nc2cccc(C)c2)s1. The molecule has 3 aromatic rings. The third-order valence-corrected chi connectivity index (χ3v) is 5.11. The van der Waals surface area contributed by atoms with Gasteiger partial charge in [0, 0.05) is 18.5 Å². The molecule has 0 aliphatic rings. The number of amides is 2. The first-order valence-electron chi connectivity index (χ1n) is 9.09. The van der Waals surface area contributed by atoms with Crippen molar-refractivity contribution in [3.8, 4) is 5.75 Å². The zero-order valence-corrected chi connectivity index (χ0v) is 17.3. The van der Waals surface area contributed by atoms with E-state index in [1.165, 1.54) is 11.3 Å². The van der Waals surface area contributed by atoms with Gasteiger partial charge >= 0.3 is 0 Å². The molecule has 2 N–H and O–H groups in total. The number of rotatable bonds is 7. The molecule has 0 aliphatic heterocycles. The van der Waals surface area contributed by atoms with Crippen molar-refractivity contribution in [2.75, 3.05) is 17.7 Å². The summed E-state index contributed by atoms with van der Waals surface area (Å²) in [7, 11) is 1.56. The van der Waals surface area contributed by atoms with E-state index in [9.17, 15) is 9.59 Å². The highest BCUT2D eigenvalue weighted by molar-refractivity contribution is 7.13. The average molecular weight is 410 g/mol. The average Bonchev–Trinajstić information content (AvgIpc) is 3.16. The van der Waals surface area contributed by atoms with Gasteiger partial charge in [-0.15, -0.1) is 10.2 Å². The lowest BCUT2D eigenvalue weighted by Gasteiger charge is -2.10. The Balaban J connectivity index is 1.55. The Hall–Kier alpha value is -3.26. The smallest absolute Gasteiger partial charge is 0.286 e. The summed E-state index contributed by atoms with van der Waals surface area (Å²) in [5.74, 6) is 0.137. The predicted molar refractivity (Wildman–Crippen MR) is 114 cm³/mol. The van der Waals surface area contributed by atoms with Crippen molar-refractivity contribution in [1.82, 2.24) is 10.2 Å². The van der Waals surface area contributed by atoms with Crippen LogP contribution < -0.4 is 15.4 Å². The van der Waals surface area contributed by atoms with Crippen molar-refractivity contribution in [3.05, 3.63) is 63.6 Å². The molecule has 7 nitrogen and oxygen atoms in total. The zero-order valence-electron chi connectivity index (χ0n) is 16.5. The molecule has 0 saturated carbocycles. The standard InChI is InChI=1S/C21H22N4O3S/c1-13-5-4-6-15(11-13)22-20(27)21-25-24-19(29-21)10-9-18(26)23-16-12-14(2)7-8-17(16)28-3/h4-8,11-12H,9-10H2,1-3H3,(H,22,27)(H,23,26). The number of aryl methyl sites for hydroxylation is 3. The van der Waals surface area contributed by atoms with Crippen molar-refractivity contribution in [3.63, 3.8) is 0 Å². The Kier molecular flexibility index (Phi) is 6.56. The number of carbonyl (C=O) groups is 2. The van der Waals surface area contributed by atoms with Crippen LogP contribution in [0.5, 0.6) is 5.75 Å². The number of benzene rings is 2. The molecule has 1 aromatic heterocycles. The van der Waals surface area contributed by atoms with Crippen LogP contribution in [-0.4, -0.2) is 29.1 Å². The van der Waals surface area contributed by atoms with Crippen LogP contribution in [0.15, 0.2) is 42.5 Å². The van der Waals surface area contributed by atoms with Gasteiger partial charge in [-0.2, -0.15) is 0 Å². The minimum absolute atomic E-state index is 0.158. The summed E-state index contributed by atoms with van der Waals surface area (Å²) in [6, 6.07) is 13.1. The van der Waals surface area contributed by atoms with Crippen molar-refractivity contribution in [2.45, 2.75) is 26.7 Å². The summed E-state index contributed by atoms with van der Waals surface area (Å²) in [5.41, 5.74) is 3.41. The van der Waals surface area contributed by atoms with Crippen LogP contribution in [0.25, 0.3) is 0 Å². The van der Waals surface area contributed by atoms with Gasteiger partial charge in [-0.1, -0.05) is 29.5 Å². The minimum atomic E-state index is -0.312. The topological polar surface area (TPSA) is 93.2 Å². The predicted octanol–water partition coefficient (Wildman–Crippen LogP) is 3.99. The molecule has 0 aliphatic carbocycles. The number of aromatic nitrogens is 2. The summed E-state index contributed by atoms with van der Waals surface area (Å²) >= 11 is 1.18. The maximum absolute atomic E-state index is 12.3. The second-order valence-electron chi connectivity index (χ2n) is 6.58. The maximum Gasteiger partial charge on any atom is 0.286 e. The quantitative estimate of drug-likeness (QED) is 0.614. The van der Waals surface area contributed by atoms with Gasteiger partial charge in [-0.3, -0.25) is 9.59 Å². The van der Waals surface area contributed by atoms with Crippen LogP contribution in [0.3, 0.4) is 0 Å². The first-order valence-corrected chi connectivity index (χ1v) is 9.91. The van der Waals surface area contributed by atoms with Gasteiger partial charge in [0.05, 0.1) is 12.8 Å². The van der Waals surface area contributed by atoms with Gasteiger partial charge in [0.2, 0.25) is 10.9 Å². The van der Waals surface area contributed by atoms with E-state index in [4.69, 9.17) is 4.74 Å². The number of carbonyl (C=O) groups excluding carboxylic acids is 2. The van der Waals surface area contributed by atoms with Gasteiger partial charge in [-0.05, 0) is 49.2 Å². The second-order valence-corrected chi connectivity index (χ2v) is 7.64. The van der Waals surface area contributed by atoms with Gasteiger partial charge in [0.15, 0.2) is 0 Å². The Morgan fingerprint density at radius 2 is 1.83 bits per heavy atom. The fourth-order valence-corrected chi connectivity index (χ4v) is 3.44. The van der Waals surface area contributed by atoms with E-state index in [0.717, 1.165) is 11.1 Å². The summed E-state index contributed by atoms with van der Waals surface area (Å²) in [5, 5.41) is 14.5. The van der Waals surface area contributed by atoms with E-state index >= 15 is 0 Å². The van der Waals surface area contributed by atoms with Gasteiger partial charge in [-0.25, -0.2) is 0 Å². The molecule has 0 radical (unpaired) electrons. The molecule has 29 heavy (non-hydrogen) atoms. The highest BCUT2D eigenvalue weighted by atomic mass is 32.1. The van der Waals surface area contributed by atoms with E-state index < -0.39 is 0 Å². The summed E-state index contributed by atoms with van der Waals surface area (Å²) in [6.45, 7) is 3.90. The van der Waals surface area contributed by atoms with E-state index in [2.05, 4.69) is 20.8 Å². The second kappa shape index (κ2) is 9.29. The van der Waals surface area contributed by atoms with E-state index in [-0.39, 0.29) is 23.2 Å². The molecule has 8 heteroatoms. The summed E-state index contributed by atoms with van der Waals surface area (Å²) in [6.07, 6.45) is 0.626. The lowest BCUT2D eigenvalue weighted by Crippen LogP contribution is -2.13. The molecular formula is C21H22N4O3S. The van der Waals surface area contributed by atoms with Crippen LogP contribution in [-0.2, 0) is 11.2 Å². The largest absolute Gasteiger partial charge is 0.495 e. The number of hydrogen-bond acceptors (Lipinski definition) is 6. The van der Waals surface area contributed by atoms with Crippen LogP contribution in [0.2, 0.25) is 0 Å². The minimum Gasteiger partial charge on any atom is -0.495 e. The molecule has 0 unspecified atom stereocenters. The maximum atomic E-state index is 12.3. The van der Waals surface area contributed by atoms with Crippen molar-refractivity contribution < 1.29 is 14.3 Å². The number of nitrogens with zero attached hydrogens (tertiary/aromatic N) is 2. The highest BCUT2D eigenvalue weighted by Gasteiger charge is 2.15. The Morgan fingerprint density at radius 3 is 2.59 bits per heavy atom. The first kappa shape index (κ1) is 20.5. The lowest BCUT2D eigenvalue weighted by molar-refractivity contribution is -0.116. The normalized spacial score (nSPS) is 10.4. The van der Waals surface area contributed by atoms with Crippen LogP contribution >= 0.6 is 11.3 Å². The number of ether oxygens (including phenoxy) is 1. The van der Waals surface area contributed by atoms with Gasteiger partial charge < -0.3 is 15.4 Å². The zero-order chi connectivity index (χ0) is 20.8. The Bertz CT molecular complexity index is 1030. The van der Waals surface area contributed by atoms with Crippen LogP contribution in [0.4, 0.5) is 11.4 Å². The Labute approximate surface area is 173 Å². The monoisotopic (exact) mass is 410 g/mol. The highest BCUT2D eigenvalue weighted by Crippen LogP contribution is 2.25. The van der Waals surface area contributed by atoms with E-state index in [0.29, 0.717) is 28.6 Å². The van der Waals surface area contributed by atoms with Gasteiger partial charge in [0.1, 0.15) is 10.8 Å². The van der Waals surface area contributed by atoms with Crippen molar-refractivity contribution in [1.29, 1.82) is 0 Å². The first-order chi connectivity index (χ1) is 13.9. The lowest BCUT2D eigenvalue weighted by atomic mass is 10.2. The third kappa shape index (κ3) is 5.61. The van der Waals surface area contributed by atoms with E-state index in [1.54, 1.807) is 7.11 Å². The Morgan fingerprint density at radius 1 is 1.03 bits per heavy atom. The third-order valence-electron chi connectivity index (χ3n) is 4.13. The number of hydrogen-bond donors (Lipinski definition) is 2. The molecule has 1 heterocycles. The molecule has 0 saturated heterocycles. The van der Waals surface area contributed by atoms with Crippen molar-refractivity contribution >= 4 is 34.5 Å². The van der Waals surface area contributed by atoms with Crippen molar-refractivity contribution in [2.24, 2.45) is 0 Å². The molecule has 150 valence electrons. The molecular weight excluding hydrogens is 388 g/mol. The van der Waals surface area contributed by atoms with Crippen LogP contribution in [0, 0.1) is 13.8 Å². The fourth-order valence-electron chi connectivity index (χ4n) is 2.71. The molecule has 3 rings (SSSR count). The van der Waals surface area contributed by atoms with Gasteiger partial charge in [0.25, 0.3) is 5.91 Å². The van der Waals surface area contributed by atoms with Crippen LogP contribution in [0.1, 0.15) is 32.4 Å². The number of anilines is 2. The molecule has 2 amide bonds. The molecule has 0 bridgehead atoms. The van der Waals surface area contributed by atoms with E-state index in [1.807, 2.05) is 56.3 Å². The number of nitrogens with one attached hydrogen (secondary N) is 2. The molecule has 0 atom stereocenters. The summed E-state index contributed by atoms with van der Waals surface area (Å²) < 4.78 is 5.27. The molecule has 2 aromatic carbocycles. The fraction of sp³-hybridized carbons (Fsp3) is 0.238.